The maximum absolute atomic E-state index is 13.8. The lowest BCUT2D eigenvalue weighted by Gasteiger charge is -2.11. The first-order chi connectivity index (χ1) is 10.0. The minimum atomic E-state index is -0.470. The molecule has 0 spiro atoms. The van der Waals surface area contributed by atoms with E-state index in [2.05, 4.69) is 5.32 Å². The van der Waals surface area contributed by atoms with Gasteiger partial charge in [0.25, 0.3) is 0 Å². The smallest absolute Gasteiger partial charge is 0.135 e. The van der Waals surface area contributed by atoms with Crippen LogP contribution in [0.2, 0.25) is 0 Å². The number of rotatable bonds is 5. The van der Waals surface area contributed by atoms with Crippen LogP contribution in [-0.4, -0.2) is 19.2 Å². The Labute approximate surface area is 127 Å². The van der Waals surface area contributed by atoms with Crippen LogP contribution in [0.3, 0.4) is 0 Å². The van der Waals surface area contributed by atoms with Gasteiger partial charge in [0.2, 0.25) is 0 Å². The van der Waals surface area contributed by atoms with Crippen molar-refractivity contribution in [3.8, 4) is 11.5 Å². The van der Waals surface area contributed by atoms with Crippen molar-refractivity contribution in [2.45, 2.75) is 0 Å². The first-order valence-electron chi connectivity index (χ1n) is 6.13. The molecule has 0 saturated heterocycles. The highest BCUT2D eigenvalue weighted by Crippen LogP contribution is 2.28. The molecule has 0 heterocycles. The number of benzene rings is 2. The number of nitrogens with one attached hydrogen (secondary N) is 1. The van der Waals surface area contributed by atoms with Gasteiger partial charge in [-0.25, -0.2) is 4.39 Å². The number of hydrogen-bond donors (Lipinski definition) is 2. The first-order valence-corrected chi connectivity index (χ1v) is 6.53. The summed E-state index contributed by atoms with van der Waals surface area (Å²) >= 11 is 4.77. The van der Waals surface area contributed by atoms with E-state index in [1.807, 2.05) is 0 Å². The second-order valence-corrected chi connectivity index (χ2v) is 4.73. The Hall–Kier alpha value is -2.34. The van der Waals surface area contributed by atoms with Gasteiger partial charge in [-0.15, -0.1) is 0 Å². The number of ether oxygens (including phenoxy) is 2. The second kappa shape index (κ2) is 6.41. The second-order valence-electron chi connectivity index (χ2n) is 4.29. The van der Waals surface area contributed by atoms with E-state index in [9.17, 15) is 4.39 Å². The van der Waals surface area contributed by atoms with Gasteiger partial charge in [-0.1, -0.05) is 12.2 Å². The highest BCUT2D eigenvalue weighted by molar-refractivity contribution is 7.80. The normalized spacial score (nSPS) is 10.0. The van der Waals surface area contributed by atoms with Gasteiger partial charge in [0.15, 0.2) is 0 Å². The summed E-state index contributed by atoms with van der Waals surface area (Å²) in [7, 11) is 3.13. The van der Waals surface area contributed by atoms with Crippen molar-refractivity contribution in [3.05, 3.63) is 47.8 Å². The predicted octanol–water partition coefficient (Wildman–Crippen LogP) is 3.22. The molecule has 0 aromatic heterocycles. The van der Waals surface area contributed by atoms with E-state index in [4.69, 9.17) is 27.4 Å². The summed E-state index contributed by atoms with van der Waals surface area (Å²) in [6, 6.07) is 9.88. The monoisotopic (exact) mass is 306 g/mol. The van der Waals surface area contributed by atoms with Crippen molar-refractivity contribution in [3.63, 3.8) is 0 Å². The summed E-state index contributed by atoms with van der Waals surface area (Å²) in [5.74, 6) is 0.802. The lowest BCUT2D eigenvalue weighted by molar-refractivity contribution is 0.395. The molecule has 2 aromatic carbocycles. The van der Waals surface area contributed by atoms with E-state index in [1.165, 1.54) is 12.1 Å². The molecule has 6 heteroatoms. The third kappa shape index (κ3) is 3.61. The van der Waals surface area contributed by atoms with E-state index >= 15 is 0 Å². The number of methoxy groups -OCH3 is 2. The van der Waals surface area contributed by atoms with Crippen LogP contribution in [0.25, 0.3) is 0 Å². The predicted molar refractivity (Wildman–Crippen MR) is 85.1 cm³/mol. The van der Waals surface area contributed by atoms with Gasteiger partial charge in [0, 0.05) is 35.1 Å². The average Bonchev–Trinajstić information content (AvgIpc) is 2.46. The summed E-state index contributed by atoms with van der Waals surface area (Å²) < 4.78 is 24.2. The lowest BCUT2D eigenvalue weighted by atomic mass is 10.2. The van der Waals surface area contributed by atoms with E-state index in [1.54, 1.807) is 38.5 Å². The van der Waals surface area contributed by atoms with Crippen LogP contribution in [0.4, 0.5) is 15.8 Å². The van der Waals surface area contributed by atoms with Gasteiger partial charge < -0.3 is 20.5 Å². The quantitative estimate of drug-likeness (QED) is 0.831. The number of anilines is 2. The van der Waals surface area contributed by atoms with Crippen molar-refractivity contribution in [1.82, 2.24) is 0 Å². The molecule has 2 rings (SSSR count). The topological polar surface area (TPSA) is 56.5 Å². The van der Waals surface area contributed by atoms with Crippen molar-refractivity contribution in [1.29, 1.82) is 0 Å². The van der Waals surface area contributed by atoms with Crippen LogP contribution in [0, 0.1) is 5.82 Å². The standard InChI is InChI=1S/C15H15FN2O2S/c1-19-11-5-10(6-12(8-11)20-2)18-9-3-4-13(15(17)21)14(16)7-9/h3-8,18H,1-2H3,(H2,17,21). The molecule has 0 saturated carbocycles. The molecule has 2 aromatic rings. The van der Waals surface area contributed by atoms with Gasteiger partial charge in [-0.2, -0.15) is 0 Å². The van der Waals surface area contributed by atoms with Gasteiger partial charge in [0.1, 0.15) is 22.3 Å². The fourth-order valence-corrected chi connectivity index (χ4v) is 2.00. The van der Waals surface area contributed by atoms with Crippen LogP contribution in [0.15, 0.2) is 36.4 Å². The molecule has 0 radical (unpaired) electrons. The molecule has 3 N–H and O–H groups in total. The Morgan fingerprint density at radius 2 is 1.67 bits per heavy atom. The molecule has 0 fully saturated rings. The number of halogens is 1. The van der Waals surface area contributed by atoms with Gasteiger partial charge >= 0.3 is 0 Å². The third-order valence-corrected chi connectivity index (χ3v) is 3.09. The lowest BCUT2D eigenvalue weighted by Crippen LogP contribution is -2.11. The summed E-state index contributed by atoms with van der Waals surface area (Å²) in [5, 5.41) is 3.08. The van der Waals surface area contributed by atoms with E-state index < -0.39 is 5.82 Å². The molecule has 0 amide bonds. The minimum Gasteiger partial charge on any atom is -0.497 e. The van der Waals surface area contributed by atoms with Crippen LogP contribution >= 0.6 is 12.2 Å². The van der Waals surface area contributed by atoms with Crippen molar-refractivity contribution >= 4 is 28.6 Å². The maximum Gasteiger partial charge on any atom is 0.135 e. The Morgan fingerprint density at radius 1 is 1.05 bits per heavy atom. The van der Waals surface area contributed by atoms with E-state index in [0.29, 0.717) is 22.9 Å². The van der Waals surface area contributed by atoms with Crippen LogP contribution < -0.4 is 20.5 Å². The first kappa shape index (κ1) is 15.1. The molecule has 0 bridgehead atoms. The fraction of sp³-hybridized carbons (Fsp3) is 0.133. The highest BCUT2D eigenvalue weighted by Gasteiger charge is 2.07. The summed E-state index contributed by atoms with van der Waals surface area (Å²) in [5.41, 5.74) is 6.94. The molecule has 0 unspecified atom stereocenters. The van der Waals surface area contributed by atoms with Crippen LogP contribution in [0.1, 0.15) is 5.56 Å². The number of hydrogen-bond acceptors (Lipinski definition) is 4. The Balaban J connectivity index is 2.29. The van der Waals surface area contributed by atoms with E-state index in [0.717, 1.165) is 0 Å². The molecule has 0 aliphatic carbocycles. The average molecular weight is 306 g/mol. The van der Waals surface area contributed by atoms with Gasteiger partial charge in [-0.05, 0) is 18.2 Å². The molecule has 0 atom stereocenters. The summed E-state index contributed by atoms with van der Waals surface area (Å²) in [6.07, 6.45) is 0. The Bertz CT molecular complexity index is 654. The van der Waals surface area contributed by atoms with Crippen molar-refractivity contribution < 1.29 is 13.9 Å². The number of thiocarbonyl (C=S) groups is 1. The molecular weight excluding hydrogens is 291 g/mol. The van der Waals surface area contributed by atoms with Crippen molar-refractivity contribution in [2.24, 2.45) is 5.73 Å². The minimum absolute atomic E-state index is 0.0297. The Morgan fingerprint density at radius 3 is 2.14 bits per heavy atom. The third-order valence-electron chi connectivity index (χ3n) is 2.87. The zero-order valence-electron chi connectivity index (χ0n) is 11.6. The van der Waals surface area contributed by atoms with Crippen LogP contribution in [-0.2, 0) is 0 Å². The molecule has 0 aliphatic heterocycles. The highest BCUT2D eigenvalue weighted by atomic mass is 32.1. The van der Waals surface area contributed by atoms with Gasteiger partial charge in [-0.3, -0.25) is 0 Å². The molecule has 4 nitrogen and oxygen atoms in total. The molecule has 0 aliphatic rings. The molecular formula is C15H15FN2O2S. The maximum atomic E-state index is 13.8. The molecule has 21 heavy (non-hydrogen) atoms. The SMILES string of the molecule is COc1cc(Nc2ccc(C(N)=S)c(F)c2)cc(OC)c1. The zero-order valence-corrected chi connectivity index (χ0v) is 12.5. The largest absolute Gasteiger partial charge is 0.497 e. The number of nitrogens with two attached hydrogens (primary N) is 1. The molecule has 110 valence electrons. The summed E-state index contributed by atoms with van der Waals surface area (Å²) in [4.78, 5) is 0.0297. The van der Waals surface area contributed by atoms with Gasteiger partial charge in [0.05, 0.1) is 14.2 Å². The fourth-order valence-electron chi connectivity index (χ4n) is 1.84. The Kier molecular flexibility index (Phi) is 4.59. The van der Waals surface area contributed by atoms with E-state index in [-0.39, 0.29) is 10.6 Å². The van der Waals surface area contributed by atoms with Crippen molar-refractivity contribution in [2.75, 3.05) is 19.5 Å². The van der Waals surface area contributed by atoms with Crippen LogP contribution in [0.5, 0.6) is 11.5 Å². The summed E-state index contributed by atoms with van der Waals surface area (Å²) in [6.45, 7) is 0. The zero-order chi connectivity index (χ0) is 15.4.